The number of nitrogens with one attached hydrogen (secondary N) is 1. The maximum atomic E-state index is 13.1. The minimum absolute atomic E-state index is 0.0220. The molecule has 4 rings (SSSR count). The number of ether oxygens (including phenoxy) is 1. The van der Waals surface area contributed by atoms with E-state index in [0.717, 1.165) is 0 Å². The molecule has 0 aliphatic carbocycles. The normalized spacial score (nSPS) is 11.5. The van der Waals surface area contributed by atoms with Gasteiger partial charge in [-0.2, -0.15) is 13.5 Å². The third-order valence-electron chi connectivity index (χ3n) is 4.12. The van der Waals surface area contributed by atoms with Gasteiger partial charge in [0.25, 0.3) is 5.91 Å². The molecule has 0 saturated carbocycles. The lowest BCUT2D eigenvalue weighted by Gasteiger charge is -2.11. The van der Waals surface area contributed by atoms with Gasteiger partial charge in [0, 0.05) is 17.3 Å². The monoisotopic (exact) mass is 423 g/mol. The van der Waals surface area contributed by atoms with E-state index in [1.165, 1.54) is 41.3 Å². The van der Waals surface area contributed by atoms with Gasteiger partial charge in [-0.3, -0.25) is 4.79 Å². The van der Waals surface area contributed by atoms with E-state index in [-0.39, 0.29) is 11.4 Å². The summed E-state index contributed by atoms with van der Waals surface area (Å²) in [7, 11) is 0. The minimum atomic E-state index is -2.93. The van der Waals surface area contributed by atoms with Crippen LogP contribution in [0, 0.1) is 0 Å². The summed E-state index contributed by atoms with van der Waals surface area (Å²) in [4.78, 5) is 13.1. The van der Waals surface area contributed by atoms with Crippen LogP contribution in [0.4, 0.5) is 14.5 Å². The van der Waals surface area contributed by atoms with Crippen molar-refractivity contribution in [3.05, 3.63) is 78.8 Å². The highest BCUT2D eigenvalue weighted by molar-refractivity contribution is 6.24. The lowest BCUT2D eigenvalue weighted by atomic mass is 10.2. The third kappa shape index (κ3) is 4.81. The molecule has 1 N–H and O–H groups in total. The summed E-state index contributed by atoms with van der Waals surface area (Å²) in [5.41, 5.74) is 1.16. The number of halogens is 2. The number of rotatable bonds is 7. The molecule has 2 aromatic heterocycles. The van der Waals surface area contributed by atoms with Gasteiger partial charge in [-0.25, -0.2) is 0 Å². The van der Waals surface area contributed by atoms with Crippen molar-refractivity contribution in [1.82, 2.24) is 20.2 Å². The zero-order chi connectivity index (χ0) is 21.6. The first-order valence-electron chi connectivity index (χ1n) is 9.06. The molecule has 1 amide bonds. The molecule has 2 aromatic carbocycles. The molecular formula is C21H15F2N5O3. The lowest BCUT2D eigenvalue weighted by Crippen LogP contribution is -2.19. The van der Waals surface area contributed by atoms with E-state index in [0.29, 0.717) is 22.8 Å². The fourth-order valence-corrected chi connectivity index (χ4v) is 2.76. The van der Waals surface area contributed by atoms with Gasteiger partial charge in [-0.05, 0) is 46.8 Å². The molecule has 8 nitrogen and oxygen atoms in total. The molecule has 0 bridgehead atoms. The van der Waals surface area contributed by atoms with E-state index in [4.69, 9.17) is 4.42 Å². The van der Waals surface area contributed by atoms with Crippen molar-refractivity contribution in [2.75, 3.05) is 5.32 Å². The highest BCUT2D eigenvalue weighted by Gasteiger charge is 2.20. The number of hydrogen-bond donors (Lipinski definition) is 1. The number of alkyl halides is 2. The molecule has 4 aromatic rings. The van der Waals surface area contributed by atoms with Gasteiger partial charge in [-0.1, -0.05) is 30.3 Å². The summed E-state index contributed by atoms with van der Waals surface area (Å²) in [5.74, 6) is 0.212. The van der Waals surface area contributed by atoms with E-state index >= 15 is 0 Å². The molecular weight excluding hydrogens is 408 g/mol. The van der Waals surface area contributed by atoms with Crippen molar-refractivity contribution in [2.24, 2.45) is 0 Å². The van der Waals surface area contributed by atoms with Crippen LogP contribution < -0.4 is 10.1 Å². The Bertz CT molecular complexity index is 1170. The van der Waals surface area contributed by atoms with Gasteiger partial charge in [-0.15, -0.1) is 5.10 Å². The molecule has 0 unspecified atom stereocenters. The number of benzene rings is 2. The third-order valence-corrected chi connectivity index (χ3v) is 4.12. The van der Waals surface area contributed by atoms with Crippen molar-refractivity contribution in [3.8, 4) is 17.1 Å². The van der Waals surface area contributed by atoms with Gasteiger partial charge >= 0.3 is 6.61 Å². The SMILES string of the molecule is O=C(Nc1ccc(OC(F)F)cc1)/C(=C\c1ccco1)n1nnnc1-c1ccccc1. The maximum Gasteiger partial charge on any atom is 0.387 e. The van der Waals surface area contributed by atoms with Crippen molar-refractivity contribution in [2.45, 2.75) is 6.61 Å². The van der Waals surface area contributed by atoms with E-state index in [1.807, 2.05) is 30.3 Å². The van der Waals surface area contributed by atoms with Crippen LogP contribution in [0.25, 0.3) is 23.2 Å². The number of carbonyl (C=O) groups is 1. The van der Waals surface area contributed by atoms with Crippen LogP contribution in [0.5, 0.6) is 5.75 Å². The fraction of sp³-hybridized carbons (Fsp3) is 0.0476. The molecule has 0 fully saturated rings. The second-order valence-electron chi connectivity index (χ2n) is 6.18. The molecule has 0 spiro atoms. The van der Waals surface area contributed by atoms with Gasteiger partial charge in [0.15, 0.2) is 5.82 Å². The highest BCUT2D eigenvalue weighted by Crippen LogP contribution is 2.23. The summed E-state index contributed by atoms with van der Waals surface area (Å²) < 4.78 is 35.6. The largest absolute Gasteiger partial charge is 0.465 e. The van der Waals surface area contributed by atoms with Gasteiger partial charge in [0.1, 0.15) is 17.2 Å². The van der Waals surface area contributed by atoms with Crippen molar-refractivity contribution in [3.63, 3.8) is 0 Å². The van der Waals surface area contributed by atoms with E-state index in [2.05, 4.69) is 25.6 Å². The Labute approximate surface area is 174 Å². The van der Waals surface area contributed by atoms with Crippen molar-refractivity contribution < 1.29 is 22.7 Å². The Kier molecular flexibility index (Phi) is 5.79. The number of hydrogen-bond acceptors (Lipinski definition) is 6. The first-order chi connectivity index (χ1) is 15.1. The Morgan fingerprint density at radius 2 is 1.84 bits per heavy atom. The van der Waals surface area contributed by atoms with Crippen LogP contribution in [0.15, 0.2) is 77.4 Å². The van der Waals surface area contributed by atoms with Gasteiger partial charge < -0.3 is 14.5 Å². The Morgan fingerprint density at radius 3 is 2.52 bits per heavy atom. The quantitative estimate of drug-likeness (QED) is 0.448. The molecule has 156 valence electrons. The number of carbonyl (C=O) groups excluding carboxylic acids is 1. The summed E-state index contributed by atoms with van der Waals surface area (Å²) in [5, 5.41) is 14.4. The maximum absolute atomic E-state index is 13.1. The smallest absolute Gasteiger partial charge is 0.387 e. The van der Waals surface area contributed by atoms with Crippen molar-refractivity contribution in [1.29, 1.82) is 0 Å². The second kappa shape index (κ2) is 8.99. The second-order valence-corrected chi connectivity index (χ2v) is 6.18. The number of tetrazole rings is 1. The molecule has 0 aliphatic rings. The predicted molar refractivity (Wildman–Crippen MR) is 108 cm³/mol. The molecule has 10 heteroatoms. The fourth-order valence-electron chi connectivity index (χ4n) is 2.76. The van der Waals surface area contributed by atoms with Gasteiger partial charge in [0.2, 0.25) is 0 Å². The van der Waals surface area contributed by atoms with Crippen LogP contribution in [0.2, 0.25) is 0 Å². The number of nitrogens with zero attached hydrogens (tertiary/aromatic N) is 4. The Hall–Kier alpha value is -4.34. The number of anilines is 1. The number of furan rings is 1. The van der Waals surface area contributed by atoms with Crippen LogP contribution in [0.3, 0.4) is 0 Å². The van der Waals surface area contributed by atoms with E-state index < -0.39 is 12.5 Å². The zero-order valence-corrected chi connectivity index (χ0v) is 15.9. The number of amides is 1. The lowest BCUT2D eigenvalue weighted by molar-refractivity contribution is -0.111. The standard InChI is InChI=1S/C21H15F2N5O3/c22-21(23)31-16-10-8-15(9-11-16)24-20(29)18(13-17-7-4-12-30-17)28-19(25-26-27-28)14-5-2-1-3-6-14/h1-13,21H,(H,24,29)/b18-13+. The zero-order valence-electron chi connectivity index (χ0n) is 15.9. The van der Waals surface area contributed by atoms with Crippen LogP contribution in [0.1, 0.15) is 5.76 Å². The average molecular weight is 423 g/mol. The molecule has 0 aliphatic heterocycles. The molecule has 0 saturated heterocycles. The molecule has 31 heavy (non-hydrogen) atoms. The summed E-state index contributed by atoms with van der Waals surface area (Å²) in [6, 6.07) is 18.0. The topological polar surface area (TPSA) is 95.1 Å². The summed E-state index contributed by atoms with van der Waals surface area (Å²) in [6.07, 6.45) is 2.97. The van der Waals surface area contributed by atoms with Crippen LogP contribution in [-0.2, 0) is 4.79 Å². The van der Waals surface area contributed by atoms with Crippen LogP contribution in [-0.4, -0.2) is 32.7 Å². The van der Waals surface area contributed by atoms with E-state index in [1.54, 1.807) is 12.1 Å². The first kappa shape index (κ1) is 20.0. The van der Waals surface area contributed by atoms with E-state index in [9.17, 15) is 13.6 Å². The molecule has 2 heterocycles. The highest BCUT2D eigenvalue weighted by atomic mass is 19.3. The molecule has 0 atom stereocenters. The first-order valence-corrected chi connectivity index (χ1v) is 9.06. The van der Waals surface area contributed by atoms with Crippen LogP contribution >= 0.6 is 0 Å². The molecule has 0 radical (unpaired) electrons. The minimum Gasteiger partial charge on any atom is -0.465 e. The average Bonchev–Trinajstić information content (AvgIpc) is 3.45. The summed E-state index contributed by atoms with van der Waals surface area (Å²) >= 11 is 0. The Balaban J connectivity index is 1.66. The predicted octanol–water partition coefficient (Wildman–Crippen LogP) is 4.17. The summed E-state index contributed by atoms with van der Waals surface area (Å²) in [6.45, 7) is -2.93. The number of aromatic nitrogens is 4. The Morgan fingerprint density at radius 1 is 1.06 bits per heavy atom. The van der Waals surface area contributed by atoms with Crippen molar-refractivity contribution >= 4 is 23.4 Å². The van der Waals surface area contributed by atoms with Gasteiger partial charge in [0.05, 0.1) is 6.26 Å².